The number of hydrogen-bond donors (Lipinski definition) is 2. The van der Waals surface area contributed by atoms with Gasteiger partial charge in [-0.05, 0) is 18.1 Å². The van der Waals surface area contributed by atoms with Crippen molar-refractivity contribution < 1.29 is 14.7 Å². The Morgan fingerprint density at radius 1 is 1.47 bits per heavy atom. The molecule has 3 N–H and O–H groups in total. The van der Waals surface area contributed by atoms with E-state index in [2.05, 4.69) is 0 Å². The molecule has 1 aliphatic heterocycles. The maximum Gasteiger partial charge on any atom is 0.327 e. The monoisotopic (exact) mass is 262 g/mol. The van der Waals surface area contributed by atoms with E-state index in [1.54, 1.807) is 6.07 Å². The van der Waals surface area contributed by atoms with Gasteiger partial charge in [0.15, 0.2) is 0 Å². The summed E-state index contributed by atoms with van der Waals surface area (Å²) in [5, 5.41) is 9.27. The van der Waals surface area contributed by atoms with Gasteiger partial charge in [-0.2, -0.15) is 0 Å². The summed E-state index contributed by atoms with van der Waals surface area (Å²) >= 11 is 0. The van der Waals surface area contributed by atoms with E-state index in [-0.39, 0.29) is 18.4 Å². The molecule has 2 rings (SSSR count). The van der Waals surface area contributed by atoms with Crippen molar-refractivity contribution in [1.82, 2.24) is 0 Å². The van der Waals surface area contributed by atoms with E-state index >= 15 is 0 Å². The number of benzene rings is 1. The third-order valence-electron chi connectivity index (χ3n) is 3.49. The Morgan fingerprint density at radius 2 is 2.16 bits per heavy atom. The quantitative estimate of drug-likeness (QED) is 0.852. The molecule has 0 spiro atoms. The van der Waals surface area contributed by atoms with E-state index in [4.69, 9.17) is 5.73 Å². The lowest BCUT2D eigenvalue weighted by Crippen LogP contribution is -2.44. The number of carbonyl (C=O) groups excluding carboxylic acids is 1. The fourth-order valence-corrected chi connectivity index (χ4v) is 2.36. The highest BCUT2D eigenvalue weighted by molar-refractivity contribution is 6.02. The highest BCUT2D eigenvalue weighted by Crippen LogP contribution is 2.32. The molecule has 0 saturated heterocycles. The maximum atomic E-state index is 12.3. The van der Waals surface area contributed by atoms with Gasteiger partial charge in [-0.15, -0.1) is 0 Å². The molecule has 0 saturated carbocycles. The van der Waals surface area contributed by atoms with Crippen molar-refractivity contribution in [3.8, 4) is 0 Å². The molecule has 1 aliphatic rings. The van der Waals surface area contributed by atoms with Gasteiger partial charge in [-0.3, -0.25) is 9.69 Å². The fourth-order valence-electron chi connectivity index (χ4n) is 2.36. The van der Waals surface area contributed by atoms with Crippen molar-refractivity contribution in [3.63, 3.8) is 0 Å². The van der Waals surface area contributed by atoms with E-state index in [9.17, 15) is 14.7 Å². The Morgan fingerprint density at radius 3 is 2.79 bits per heavy atom. The van der Waals surface area contributed by atoms with E-state index < -0.39 is 12.0 Å². The van der Waals surface area contributed by atoms with Crippen LogP contribution in [0.25, 0.3) is 0 Å². The summed E-state index contributed by atoms with van der Waals surface area (Å²) in [5.74, 6) is -1.19. The minimum atomic E-state index is -0.977. The van der Waals surface area contributed by atoms with Gasteiger partial charge >= 0.3 is 5.97 Å². The van der Waals surface area contributed by atoms with Crippen LogP contribution in [0.2, 0.25) is 0 Å². The van der Waals surface area contributed by atoms with Gasteiger partial charge in [-0.1, -0.05) is 25.1 Å². The number of para-hydroxylation sites is 1. The number of amides is 1. The Bertz CT molecular complexity index is 501. The number of carbonyl (C=O) groups is 2. The predicted octanol–water partition coefficient (Wildman–Crippen LogP) is 1.16. The molecular weight excluding hydrogens is 244 g/mol. The second-order valence-corrected chi connectivity index (χ2v) is 4.82. The van der Waals surface area contributed by atoms with Gasteiger partial charge in [0.2, 0.25) is 5.91 Å². The van der Waals surface area contributed by atoms with E-state index in [1.165, 1.54) is 4.90 Å². The van der Waals surface area contributed by atoms with Crippen LogP contribution in [-0.2, 0) is 16.0 Å². The molecule has 0 aromatic heterocycles. The molecule has 0 fully saturated rings. The first-order valence-corrected chi connectivity index (χ1v) is 6.43. The van der Waals surface area contributed by atoms with Crippen molar-refractivity contribution in [1.29, 1.82) is 0 Å². The summed E-state index contributed by atoms with van der Waals surface area (Å²) in [6.07, 6.45) is 1.23. The second-order valence-electron chi connectivity index (χ2n) is 4.82. The highest BCUT2D eigenvalue weighted by Gasteiger charge is 2.38. The number of anilines is 1. The first kappa shape index (κ1) is 13.5. The third kappa shape index (κ3) is 2.61. The molecule has 0 bridgehead atoms. The number of nitrogens with zero attached hydrogens (tertiary/aromatic N) is 1. The number of nitrogens with two attached hydrogens (primary N) is 1. The second kappa shape index (κ2) is 5.40. The van der Waals surface area contributed by atoms with Crippen molar-refractivity contribution in [3.05, 3.63) is 29.8 Å². The zero-order valence-corrected chi connectivity index (χ0v) is 10.9. The van der Waals surface area contributed by atoms with E-state index in [0.717, 1.165) is 5.56 Å². The molecule has 5 heteroatoms. The lowest BCUT2D eigenvalue weighted by atomic mass is 10.1. The summed E-state index contributed by atoms with van der Waals surface area (Å²) in [6, 6.07) is 6.27. The standard InChI is InChI=1S/C14H18N2O3/c1-2-10(15)8-13(17)16-11-6-4-3-5-9(11)7-12(16)14(18)19/h3-6,10,12H,2,7-8,15H2,1H3,(H,18,19)/t10?,12-/m0/s1. The molecule has 1 aromatic rings. The molecule has 1 aromatic carbocycles. The van der Waals surface area contributed by atoms with Gasteiger partial charge in [0.05, 0.1) is 0 Å². The summed E-state index contributed by atoms with van der Waals surface area (Å²) in [7, 11) is 0. The number of rotatable bonds is 4. The lowest BCUT2D eigenvalue weighted by molar-refractivity contribution is -0.139. The molecule has 19 heavy (non-hydrogen) atoms. The van der Waals surface area contributed by atoms with Crippen LogP contribution in [0.4, 0.5) is 5.69 Å². The van der Waals surface area contributed by atoms with Gasteiger partial charge < -0.3 is 10.8 Å². The Labute approximate surface area is 112 Å². The molecule has 0 aliphatic carbocycles. The zero-order chi connectivity index (χ0) is 14.0. The minimum absolute atomic E-state index is 0.175. The SMILES string of the molecule is CCC(N)CC(=O)N1c2ccccc2C[C@H]1C(=O)O. The number of carboxylic acid groups (broad SMARTS) is 1. The van der Waals surface area contributed by atoms with Crippen LogP contribution in [0.3, 0.4) is 0 Å². The van der Waals surface area contributed by atoms with Crippen molar-refractivity contribution in [2.45, 2.75) is 38.3 Å². The van der Waals surface area contributed by atoms with Crippen molar-refractivity contribution >= 4 is 17.6 Å². The van der Waals surface area contributed by atoms with Crippen molar-refractivity contribution in [2.75, 3.05) is 4.90 Å². The molecule has 1 heterocycles. The Hall–Kier alpha value is -1.88. The Kier molecular flexibility index (Phi) is 3.85. The number of fused-ring (bicyclic) bond motifs is 1. The van der Waals surface area contributed by atoms with Crippen LogP contribution < -0.4 is 10.6 Å². The number of carboxylic acids is 1. The molecule has 1 unspecified atom stereocenters. The van der Waals surface area contributed by atoms with Crippen molar-refractivity contribution in [2.24, 2.45) is 5.73 Å². The van der Waals surface area contributed by atoms with Crippen LogP contribution >= 0.6 is 0 Å². The van der Waals surface area contributed by atoms with Crippen LogP contribution in [0.5, 0.6) is 0 Å². The fraction of sp³-hybridized carbons (Fsp3) is 0.429. The third-order valence-corrected chi connectivity index (χ3v) is 3.49. The van der Waals surface area contributed by atoms with Gasteiger partial charge in [-0.25, -0.2) is 4.79 Å². The molecule has 102 valence electrons. The highest BCUT2D eigenvalue weighted by atomic mass is 16.4. The number of hydrogen-bond acceptors (Lipinski definition) is 3. The lowest BCUT2D eigenvalue weighted by Gasteiger charge is -2.24. The topological polar surface area (TPSA) is 83.6 Å². The van der Waals surface area contributed by atoms with Crippen LogP contribution in [-0.4, -0.2) is 29.1 Å². The van der Waals surface area contributed by atoms with E-state index in [0.29, 0.717) is 18.5 Å². The molecule has 5 nitrogen and oxygen atoms in total. The molecule has 2 atom stereocenters. The molecule has 0 radical (unpaired) electrons. The summed E-state index contributed by atoms with van der Waals surface area (Å²) in [4.78, 5) is 25.0. The van der Waals surface area contributed by atoms with Crippen LogP contribution in [0.15, 0.2) is 24.3 Å². The minimum Gasteiger partial charge on any atom is -0.480 e. The molecule has 1 amide bonds. The number of aliphatic carboxylic acids is 1. The van der Waals surface area contributed by atoms with Crippen LogP contribution in [0, 0.1) is 0 Å². The van der Waals surface area contributed by atoms with E-state index in [1.807, 2.05) is 25.1 Å². The van der Waals surface area contributed by atoms with Gasteiger partial charge in [0.1, 0.15) is 6.04 Å². The predicted molar refractivity (Wildman–Crippen MR) is 71.9 cm³/mol. The normalized spacial score (nSPS) is 19.1. The maximum absolute atomic E-state index is 12.3. The summed E-state index contributed by atoms with van der Waals surface area (Å²) in [6.45, 7) is 1.91. The largest absolute Gasteiger partial charge is 0.480 e. The first-order valence-electron chi connectivity index (χ1n) is 6.43. The van der Waals surface area contributed by atoms with Gasteiger partial charge in [0, 0.05) is 24.6 Å². The zero-order valence-electron chi connectivity index (χ0n) is 10.9. The van der Waals surface area contributed by atoms with Gasteiger partial charge in [0.25, 0.3) is 0 Å². The molecular formula is C14H18N2O3. The summed E-state index contributed by atoms with van der Waals surface area (Å²) in [5.41, 5.74) is 7.38. The first-order chi connectivity index (χ1) is 9.04. The smallest absolute Gasteiger partial charge is 0.327 e. The summed E-state index contributed by atoms with van der Waals surface area (Å²) < 4.78 is 0. The van der Waals surface area contributed by atoms with Crippen LogP contribution in [0.1, 0.15) is 25.3 Å². The average molecular weight is 262 g/mol. The Balaban J connectivity index is 2.29. The average Bonchev–Trinajstić information content (AvgIpc) is 2.78.